The van der Waals surface area contributed by atoms with E-state index in [0.29, 0.717) is 23.8 Å². The second-order valence-electron chi connectivity index (χ2n) is 3.73. The molecule has 5 nitrogen and oxygen atoms in total. The summed E-state index contributed by atoms with van der Waals surface area (Å²) >= 11 is 2.83. The van der Waals surface area contributed by atoms with Gasteiger partial charge in [-0.15, -0.1) is 11.3 Å². The lowest BCUT2D eigenvalue weighted by molar-refractivity contribution is -0.118. The van der Waals surface area contributed by atoms with Gasteiger partial charge in [0, 0.05) is 24.5 Å². The van der Waals surface area contributed by atoms with Crippen molar-refractivity contribution in [3.63, 3.8) is 0 Å². The van der Waals surface area contributed by atoms with Crippen molar-refractivity contribution in [2.75, 3.05) is 18.0 Å². The zero-order valence-electron chi connectivity index (χ0n) is 10.2. The highest BCUT2D eigenvalue weighted by Gasteiger charge is 2.04. The predicted octanol–water partition coefficient (Wildman–Crippen LogP) is 1.57. The Hall–Kier alpha value is -1.60. The molecule has 0 aliphatic carbocycles. The SMILES string of the molecule is Nc1nc(CCNC(=O)CSc2ccccn2)cs1. The van der Waals surface area contributed by atoms with E-state index < -0.39 is 0 Å². The number of hydrogen-bond acceptors (Lipinski definition) is 6. The zero-order valence-corrected chi connectivity index (χ0v) is 11.8. The number of rotatable bonds is 6. The van der Waals surface area contributed by atoms with Gasteiger partial charge in [0.05, 0.1) is 16.5 Å². The van der Waals surface area contributed by atoms with Crippen LogP contribution in [-0.2, 0) is 11.2 Å². The van der Waals surface area contributed by atoms with E-state index in [-0.39, 0.29) is 5.91 Å². The summed E-state index contributed by atoms with van der Waals surface area (Å²) < 4.78 is 0. The molecular formula is C12H14N4OS2. The van der Waals surface area contributed by atoms with Crippen molar-refractivity contribution in [3.05, 3.63) is 35.5 Å². The molecule has 0 saturated heterocycles. The van der Waals surface area contributed by atoms with Gasteiger partial charge < -0.3 is 11.1 Å². The van der Waals surface area contributed by atoms with E-state index in [0.717, 1.165) is 10.7 Å². The molecule has 0 unspecified atom stereocenters. The molecule has 0 radical (unpaired) electrons. The van der Waals surface area contributed by atoms with Crippen LogP contribution >= 0.6 is 23.1 Å². The van der Waals surface area contributed by atoms with Gasteiger partial charge in [0.1, 0.15) is 0 Å². The summed E-state index contributed by atoms with van der Waals surface area (Å²) in [5, 5.41) is 6.17. The lowest BCUT2D eigenvalue weighted by Gasteiger charge is -2.03. The number of hydrogen-bond donors (Lipinski definition) is 2. The Balaban J connectivity index is 1.65. The molecule has 1 amide bonds. The largest absolute Gasteiger partial charge is 0.375 e. The molecule has 0 aliphatic heterocycles. The minimum absolute atomic E-state index is 0.00106. The number of nitrogen functional groups attached to an aromatic ring is 1. The van der Waals surface area contributed by atoms with Gasteiger partial charge in [-0.05, 0) is 12.1 Å². The number of carbonyl (C=O) groups is 1. The van der Waals surface area contributed by atoms with Crippen LogP contribution in [0.4, 0.5) is 5.13 Å². The fraction of sp³-hybridized carbons (Fsp3) is 0.250. The number of amides is 1. The Morgan fingerprint density at radius 2 is 2.37 bits per heavy atom. The Labute approximate surface area is 119 Å². The summed E-state index contributed by atoms with van der Waals surface area (Å²) in [6, 6.07) is 5.64. The number of nitrogens with one attached hydrogen (secondary N) is 1. The van der Waals surface area contributed by atoms with Crippen LogP contribution in [-0.4, -0.2) is 28.2 Å². The highest BCUT2D eigenvalue weighted by atomic mass is 32.2. The van der Waals surface area contributed by atoms with Gasteiger partial charge in [-0.3, -0.25) is 4.79 Å². The first-order chi connectivity index (χ1) is 9.24. The molecule has 2 aromatic rings. The van der Waals surface area contributed by atoms with Crippen LogP contribution < -0.4 is 11.1 Å². The smallest absolute Gasteiger partial charge is 0.230 e. The first kappa shape index (κ1) is 13.8. The fourth-order valence-corrected chi connectivity index (χ4v) is 2.68. The monoisotopic (exact) mass is 294 g/mol. The predicted molar refractivity (Wildman–Crippen MR) is 78.2 cm³/mol. The lowest BCUT2D eigenvalue weighted by Crippen LogP contribution is -2.27. The molecule has 2 heterocycles. The third-order valence-corrected chi connectivity index (χ3v) is 3.93. The summed E-state index contributed by atoms with van der Waals surface area (Å²) in [6.45, 7) is 0.574. The van der Waals surface area contributed by atoms with Crippen LogP contribution in [0.3, 0.4) is 0 Å². The number of aromatic nitrogens is 2. The van der Waals surface area contributed by atoms with E-state index in [4.69, 9.17) is 5.73 Å². The summed E-state index contributed by atoms with van der Waals surface area (Å²) in [6.07, 6.45) is 2.42. The van der Waals surface area contributed by atoms with Crippen LogP contribution in [0.15, 0.2) is 34.8 Å². The van der Waals surface area contributed by atoms with Crippen LogP contribution in [0.25, 0.3) is 0 Å². The Kier molecular flexibility index (Phi) is 5.17. The molecule has 7 heteroatoms. The van der Waals surface area contributed by atoms with Crippen LogP contribution in [0.5, 0.6) is 0 Å². The molecule has 0 aliphatic rings. The Morgan fingerprint density at radius 3 is 3.05 bits per heavy atom. The first-order valence-corrected chi connectivity index (χ1v) is 7.61. The Bertz CT molecular complexity index is 530. The van der Waals surface area contributed by atoms with Gasteiger partial charge in [0.25, 0.3) is 0 Å². The van der Waals surface area contributed by atoms with Crippen molar-refractivity contribution in [1.29, 1.82) is 0 Å². The first-order valence-electron chi connectivity index (χ1n) is 5.74. The number of pyridine rings is 1. The number of anilines is 1. The number of thioether (sulfide) groups is 1. The average molecular weight is 294 g/mol. The minimum Gasteiger partial charge on any atom is -0.375 e. The molecule has 0 aromatic carbocycles. The van der Waals surface area contributed by atoms with Gasteiger partial charge in [-0.25, -0.2) is 9.97 Å². The maximum atomic E-state index is 11.6. The molecule has 0 spiro atoms. The number of thiazole rings is 1. The van der Waals surface area contributed by atoms with Crippen molar-refractivity contribution in [3.8, 4) is 0 Å². The summed E-state index contributed by atoms with van der Waals surface area (Å²) in [7, 11) is 0. The third kappa shape index (κ3) is 4.88. The van der Waals surface area contributed by atoms with Crippen molar-refractivity contribution in [2.45, 2.75) is 11.4 Å². The third-order valence-electron chi connectivity index (χ3n) is 2.26. The molecule has 0 saturated carbocycles. The molecule has 0 bridgehead atoms. The van der Waals surface area contributed by atoms with Gasteiger partial charge in [0.15, 0.2) is 5.13 Å². The highest BCUT2D eigenvalue weighted by Crippen LogP contribution is 2.13. The van der Waals surface area contributed by atoms with Crippen molar-refractivity contribution < 1.29 is 4.79 Å². The molecule has 2 rings (SSSR count). The standard InChI is InChI=1S/C12H14N4OS2/c13-12-16-9(7-19-12)4-6-14-10(17)8-18-11-3-1-2-5-15-11/h1-3,5,7H,4,6,8H2,(H2,13,16)(H,14,17). The van der Waals surface area contributed by atoms with Gasteiger partial charge in [-0.2, -0.15) is 0 Å². The zero-order chi connectivity index (χ0) is 13.5. The van der Waals surface area contributed by atoms with E-state index in [1.54, 1.807) is 6.20 Å². The molecule has 0 atom stereocenters. The fourth-order valence-electron chi connectivity index (χ4n) is 1.39. The topological polar surface area (TPSA) is 80.9 Å². The molecule has 0 fully saturated rings. The van der Waals surface area contributed by atoms with Crippen molar-refractivity contribution in [2.24, 2.45) is 0 Å². The average Bonchev–Trinajstić information content (AvgIpc) is 2.83. The number of nitrogens with zero attached hydrogens (tertiary/aromatic N) is 2. The molecule has 3 N–H and O–H groups in total. The van der Waals surface area contributed by atoms with Crippen molar-refractivity contribution >= 4 is 34.1 Å². The maximum Gasteiger partial charge on any atom is 0.230 e. The second kappa shape index (κ2) is 7.10. The summed E-state index contributed by atoms with van der Waals surface area (Å²) in [4.78, 5) is 19.9. The second-order valence-corrected chi connectivity index (χ2v) is 5.62. The van der Waals surface area contributed by atoms with E-state index in [2.05, 4.69) is 15.3 Å². The van der Waals surface area contributed by atoms with Gasteiger partial charge in [0.2, 0.25) is 5.91 Å². The minimum atomic E-state index is -0.00106. The van der Waals surface area contributed by atoms with E-state index >= 15 is 0 Å². The molecule has 100 valence electrons. The van der Waals surface area contributed by atoms with E-state index in [1.165, 1.54) is 23.1 Å². The van der Waals surface area contributed by atoms with Crippen LogP contribution in [0, 0.1) is 0 Å². The van der Waals surface area contributed by atoms with Crippen LogP contribution in [0.1, 0.15) is 5.69 Å². The lowest BCUT2D eigenvalue weighted by atomic mass is 10.3. The molecular weight excluding hydrogens is 280 g/mol. The van der Waals surface area contributed by atoms with E-state index in [9.17, 15) is 4.79 Å². The number of nitrogens with two attached hydrogens (primary N) is 1. The maximum absolute atomic E-state index is 11.6. The van der Waals surface area contributed by atoms with Crippen molar-refractivity contribution in [1.82, 2.24) is 15.3 Å². The van der Waals surface area contributed by atoms with E-state index in [1.807, 2.05) is 23.6 Å². The Morgan fingerprint density at radius 1 is 1.47 bits per heavy atom. The van der Waals surface area contributed by atoms with Crippen LogP contribution in [0.2, 0.25) is 0 Å². The summed E-state index contributed by atoms with van der Waals surface area (Å²) in [5.74, 6) is 0.370. The summed E-state index contributed by atoms with van der Waals surface area (Å²) in [5.41, 5.74) is 6.45. The normalized spacial score (nSPS) is 10.3. The number of carbonyl (C=O) groups excluding carboxylic acids is 1. The molecule has 2 aromatic heterocycles. The quantitative estimate of drug-likeness (QED) is 0.790. The molecule has 19 heavy (non-hydrogen) atoms. The van der Waals surface area contributed by atoms with Gasteiger partial charge in [-0.1, -0.05) is 17.8 Å². The highest BCUT2D eigenvalue weighted by molar-refractivity contribution is 7.99. The van der Waals surface area contributed by atoms with Gasteiger partial charge >= 0.3 is 0 Å².